The number of nitrogens with zero attached hydrogens (tertiary/aromatic N) is 7. The van der Waals surface area contributed by atoms with Gasteiger partial charge >= 0.3 is 0 Å². The van der Waals surface area contributed by atoms with E-state index in [9.17, 15) is 60.6 Å². The number of hydrogen-bond acceptors (Lipinski definition) is 18. The molecule has 1 heterocycles. The fourth-order valence-corrected chi connectivity index (χ4v) is 12.9. The maximum atomic E-state index is 13.6. The van der Waals surface area contributed by atoms with Crippen LogP contribution in [0.5, 0.6) is 5.75 Å². The maximum Gasteiger partial charge on any atom is 0.134 e. The van der Waals surface area contributed by atoms with Gasteiger partial charge in [0.05, 0.1) is 77.8 Å². The standard InChI is InChI=1S/C29H39N3O4.C27H33FN2O4.C26H25ClN2O3/c1-30(2)26-9-3-23(4-10-26)29(24-5-11-27(12-6-24)31(15-19-33)16-20-34)25-7-13-28(14-8-25)32(17-21-35)18-22-36;28-24-7-1-21(2-8-24)27(22-3-9-25(10-4-22)29(13-17-31)14-18-32)23-5-11-26(12-6-23)30(15-19-33)16-20-34;27-22-6-1-18(2-7-22)26(20-5-10-25-21(15-20)16-24(32)17-28-25)19-3-8-23(9-4-19)29(11-13-30)12-14-31/h3-14,29,33-36H,15-22H2,1-2H3;1-12,27,31-34H,13-20H2;1-10,15-17,26,30-32H,11-14H2. The van der Waals surface area contributed by atoms with E-state index in [1.54, 1.807) is 18.2 Å². The Labute approximate surface area is 603 Å². The second kappa shape index (κ2) is 41.0. The molecular formula is C82H97ClFN7O11. The van der Waals surface area contributed by atoms with Crippen molar-refractivity contribution >= 4 is 56.6 Å². The van der Waals surface area contributed by atoms with Crippen LogP contribution in [0.25, 0.3) is 10.9 Å². The summed E-state index contributed by atoms with van der Waals surface area (Å²) in [6.07, 6.45) is 1.45. The van der Waals surface area contributed by atoms with Gasteiger partial charge in [-0.05, 0) is 165 Å². The van der Waals surface area contributed by atoms with Gasteiger partial charge in [0.2, 0.25) is 0 Å². The molecule has 0 saturated heterocycles. The number of benzene rings is 9. The minimum Gasteiger partial charge on any atom is -0.506 e. The molecule has 1 atom stereocenters. The average molecular weight is 1410 g/mol. The molecule has 102 heavy (non-hydrogen) atoms. The molecule has 0 radical (unpaired) electrons. The number of fused-ring (bicyclic) bond motifs is 1. The number of pyridine rings is 1. The monoisotopic (exact) mass is 1410 g/mol. The summed E-state index contributed by atoms with van der Waals surface area (Å²) >= 11 is 6.14. The average Bonchev–Trinajstić information content (AvgIpc) is 0.804. The summed E-state index contributed by atoms with van der Waals surface area (Å²) in [4.78, 5) is 16.1. The first kappa shape index (κ1) is 78.5. The lowest BCUT2D eigenvalue weighted by atomic mass is 9.84. The van der Waals surface area contributed by atoms with Crippen molar-refractivity contribution in [1.82, 2.24) is 4.98 Å². The predicted molar refractivity (Wildman–Crippen MR) is 409 cm³/mol. The normalized spacial score (nSPS) is 11.4. The van der Waals surface area contributed by atoms with E-state index in [1.807, 2.05) is 154 Å². The van der Waals surface area contributed by atoms with Crippen LogP contribution in [-0.4, -0.2) is 207 Å². The van der Waals surface area contributed by atoms with Crippen LogP contribution in [0.15, 0.2) is 225 Å². The molecule has 0 fully saturated rings. The Balaban J connectivity index is 0.000000194. The molecule has 0 bridgehead atoms. The van der Waals surface area contributed by atoms with E-state index in [-0.39, 0.29) is 95.4 Å². The van der Waals surface area contributed by atoms with Crippen LogP contribution in [0.2, 0.25) is 5.02 Å². The molecule has 11 N–H and O–H groups in total. The number of aromatic hydroxyl groups is 1. The highest BCUT2D eigenvalue weighted by molar-refractivity contribution is 6.30. The Morgan fingerprint density at radius 1 is 0.304 bits per heavy atom. The maximum absolute atomic E-state index is 13.6. The van der Waals surface area contributed by atoms with Crippen molar-refractivity contribution in [3.63, 3.8) is 0 Å². The van der Waals surface area contributed by atoms with E-state index in [4.69, 9.17) is 11.6 Å². The van der Waals surface area contributed by atoms with Crippen molar-refractivity contribution in [3.8, 4) is 5.75 Å². The molecule has 0 spiro atoms. The lowest BCUT2D eigenvalue weighted by Crippen LogP contribution is -2.29. The van der Waals surface area contributed by atoms with Crippen LogP contribution in [-0.2, 0) is 0 Å². The van der Waals surface area contributed by atoms with Gasteiger partial charge in [0.15, 0.2) is 0 Å². The summed E-state index contributed by atoms with van der Waals surface area (Å²) in [5, 5.41) is 105. The van der Waals surface area contributed by atoms with Gasteiger partial charge in [0, 0.05) is 142 Å². The highest BCUT2D eigenvalue weighted by Crippen LogP contribution is 2.39. The largest absolute Gasteiger partial charge is 0.506 e. The lowest BCUT2D eigenvalue weighted by molar-refractivity contribution is 0.280. The Morgan fingerprint density at radius 2 is 0.529 bits per heavy atom. The molecule has 0 aliphatic heterocycles. The summed E-state index contributed by atoms with van der Waals surface area (Å²) < 4.78 is 13.6. The number of rotatable bonds is 35. The van der Waals surface area contributed by atoms with E-state index in [2.05, 4.69) is 82.7 Å². The van der Waals surface area contributed by atoms with Crippen molar-refractivity contribution in [2.45, 2.75) is 17.8 Å². The van der Waals surface area contributed by atoms with E-state index in [0.717, 1.165) is 89.5 Å². The second-order valence-electron chi connectivity index (χ2n) is 24.7. The molecule has 540 valence electrons. The van der Waals surface area contributed by atoms with Gasteiger partial charge in [-0.15, -0.1) is 0 Å². The van der Waals surface area contributed by atoms with Crippen LogP contribution >= 0.6 is 11.6 Å². The molecule has 10 rings (SSSR count). The summed E-state index contributed by atoms with van der Waals surface area (Å²) in [6, 6.07) is 71.4. The van der Waals surface area contributed by atoms with E-state index in [1.165, 1.54) is 23.9 Å². The highest BCUT2D eigenvalue weighted by atomic mass is 35.5. The molecule has 0 aliphatic carbocycles. The molecule has 0 saturated carbocycles. The van der Waals surface area contributed by atoms with Gasteiger partial charge in [-0.2, -0.15) is 0 Å². The third-order valence-corrected chi connectivity index (χ3v) is 18.1. The predicted octanol–water partition coefficient (Wildman–Crippen LogP) is 9.67. The first-order valence-corrected chi connectivity index (χ1v) is 34.8. The van der Waals surface area contributed by atoms with Crippen LogP contribution in [0, 0.1) is 5.82 Å². The Bertz CT molecular complexity index is 3870. The summed E-state index contributed by atoms with van der Waals surface area (Å²) in [5.74, 6) is -0.317. The number of aliphatic hydroxyl groups excluding tert-OH is 10. The number of aliphatic hydroxyl groups is 10. The lowest BCUT2D eigenvalue weighted by Gasteiger charge is -2.26. The van der Waals surface area contributed by atoms with Gasteiger partial charge in [0.25, 0.3) is 0 Å². The van der Waals surface area contributed by atoms with Crippen LogP contribution < -0.4 is 29.4 Å². The number of aromatic nitrogens is 1. The van der Waals surface area contributed by atoms with E-state index >= 15 is 0 Å². The fraction of sp³-hybridized carbons (Fsp3) is 0.305. The molecule has 18 nitrogen and oxygen atoms in total. The molecule has 0 amide bonds. The number of anilines is 6. The third-order valence-electron chi connectivity index (χ3n) is 17.8. The second-order valence-corrected chi connectivity index (χ2v) is 25.1. The van der Waals surface area contributed by atoms with Gasteiger partial charge in [0.1, 0.15) is 11.6 Å². The molecular weight excluding hydrogens is 1310 g/mol. The first-order chi connectivity index (χ1) is 49.7. The Morgan fingerprint density at radius 3 is 0.784 bits per heavy atom. The Kier molecular flexibility index (Phi) is 31.6. The molecule has 1 aromatic heterocycles. The Hall–Kier alpha value is -9.19. The zero-order chi connectivity index (χ0) is 72.8. The van der Waals surface area contributed by atoms with Gasteiger partial charge in [-0.3, -0.25) is 4.98 Å². The van der Waals surface area contributed by atoms with Gasteiger partial charge < -0.3 is 85.6 Å². The minimum atomic E-state index is -0.291. The number of hydrogen-bond donors (Lipinski definition) is 11. The molecule has 0 aliphatic rings. The van der Waals surface area contributed by atoms with E-state index in [0.29, 0.717) is 70.5 Å². The van der Waals surface area contributed by atoms with Crippen LogP contribution in [0.1, 0.15) is 67.8 Å². The molecule has 20 heteroatoms. The summed E-state index contributed by atoms with van der Waals surface area (Å²) in [7, 11) is 4.05. The smallest absolute Gasteiger partial charge is 0.134 e. The summed E-state index contributed by atoms with van der Waals surface area (Å²) in [6.45, 7) is 4.65. The summed E-state index contributed by atoms with van der Waals surface area (Å²) in [5.41, 5.74) is 16.3. The van der Waals surface area contributed by atoms with Crippen molar-refractivity contribution in [1.29, 1.82) is 0 Å². The van der Waals surface area contributed by atoms with Crippen LogP contribution in [0.3, 0.4) is 0 Å². The van der Waals surface area contributed by atoms with Gasteiger partial charge in [-0.25, -0.2) is 4.39 Å². The van der Waals surface area contributed by atoms with Crippen molar-refractivity contribution < 1.29 is 60.6 Å². The number of halogens is 2. The third kappa shape index (κ3) is 21.9. The SMILES string of the molecule is CN(C)c1ccc(C(c2ccc(N(CCO)CCO)cc2)c2ccc(N(CCO)CCO)cc2)cc1.OCCN(CCO)c1ccc(C(c2ccc(Cl)cc2)c2ccc3ncc(O)cc3c2)cc1.OCCN(CCO)c1ccc(C(c2ccc(F)cc2)c2ccc(N(CCO)CCO)cc2)cc1. The first-order valence-electron chi connectivity index (χ1n) is 34.4. The zero-order valence-corrected chi connectivity index (χ0v) is 58.8. The highest BCUT2D eigenvalue weighted by Gasteiger charge is 2.23. The quantitative estimate of drug-likeness (QED) is 0.0165. The van der Waals surface area contributed by atoms with Gasteiger partial charge in [-0.1, -0.05) is 115 Å². The van der Waals surface area contributed by atoms with Crippen LogP contribution in [0.4, 0.5) is 38.5 Å². The van der Waals surface area contributed by atoms with Crippen molar-refractivity contribution in [3.05, 3.63) is 285 Å². The molecule has 10 aromatic rings. The minimum absolute atomic E-state index is 0.00408. The van der Waals surface area contributed by atoms with Crippen molar-refractivity contribution in [2.75, 3.05) is 175 Å². The molecule has 9 aromatic carbocycles. The van der Waals surface area contributed by atoms with E-state index < -0.39 is 0 Å². The fourth-order valence-electron chi connectivity index (χ4n) is 12.8. The van der Waals surface area contributed by atoms with Crippen molar-refractivity contribution in [2.24, 2.45) is 0 Å². The zero-order valence-electron chi connectivity index (χ0n) is 58.0. The topological polar surface area (TPSA) is 255 Å². The molecule has 1 unspecified atom stereocenters.